The van der Waals surface area contributed by atoms with Crippen molar-refractivity contribution >= 4 is 36.9 Å². The van der Waals surface area contributed by atoms with Crippen molar-refractivity contribution < 1.29 is 24.0 Å². The summed E-state index contributed by atoms with van der Waals surface area (Å²) in [6.07, 6.45) is 0. The van der Waals surface area contributed by atoms with Gasteiger partial charge in [-0.1, -0.05) is 12.1 Å². The molecule has 1 aliphatic heterocycles. The minimum atomic E-state index is -0.971. The molecule has 0 bridgehead atoms. The highest BCUT2D eigenvalue weighted by Crippen LogP contribution is 2.21. The molecule has 2 N–H and O–H groups in total. The van der Waals surface area contributed by atoms with E-state index in [0.29, 0.717) is 6.54 Å². The van der Waals surface area contributed by atoms with Gasteiger partial charge in [0, 0.05) is 19.8 Å². The average Bonchev–Trinajstić information content (AvgIpc) is 2.46. The van der Waals surface area contributed by atoms with Crippen LogP contribution in [0.1, 0.15) is 22.8 Å². The molecule has 6 nitrogen and oxygen atoms in total. The van der Waals surface area contributed by atoms with E-state index in [1.54, 1.807) is 19.1 Å². The summed E-state index contributed by atoms with van der Waals surface area (Å²) in [6, 6.07) is 6.36. The first-order valence-electron chi connectivity index (χ1n) is 6.17. The molecule has 1 amide bonds. The molecule has 1 saturated heterocycles. The quantitative estimate of drug-likeness (QED) is 0.744. The minimum Gasteiger partial charge on any atom is -0.478 e. The van der Waals surface area contributed by atoms with Gasteiger partial charge in [0.15, 0.2) is 0 Å². The van der Waals surface area contributed by atoms with Gasteiger partial charge in [0.2, 0.25) is 5.91 Å². The van der Waals surface area contributed by atoms with Gasteiger partial charge < -0.3 is 19.7 Å². The fourth-order valence-electron chi connectivity index (χ4n) is 1.82. The lowest BCUT2D eigenvalue weighted by Gasteiger charge is -2.31. The summed E-state index contributed by atoms with van der Waals surface area (Å²) >= 11 is 0. The first kappa shape index (κ1) is 17.7. The smallest absolute Gasteiger partial charge is 0.478 e. The highest BCUT2D eigenvalue weighted by Gasteiger charge is 2.36. The summed E-state index contributed by atoms with van der Waals surface area (Å²) in [4.78, 5) is 22.8. The number of aromatic carboxylic acids is 1. The van der Waals surface area contributed by atoms with Gasteiger partial charge in [-0.05, 0) is 24.6 Å². The molecule has 0 saturated carbocycles. The van der Waals surface area contributed by atoms with Crippen molar-refractivity contribution in [1.29, 1.82) is 0 Å². The van der Waals surface area contributed by atoms with Gasteiger partial charge in [-0.25, -0.2) is 4.79 Å². The third-order valence-corrected chi connectivity index (χ3v) is 3.14. The molecule has 2 radical (unpaired) electrons. The maximum atomic E-state index is 12.1. The SMILES string of the molecule is CC1(C(=O)NCc2ccc(C(=O)O)cc2)CO[B]OC1.[AlH2]. The number of carboxylic acids is 1. The van der Waals surface area contributed by atoms with E-state index in [2.05, 4.69) is 5.32 Å². The third kappa shape index (κ3) is 4.58. The Bertz CT molecular complexity index is 502. The number of benzene rings is 1. The van der Waals surface area contributed by atoms with E-state index < -0.39 is 11.4 Å². The molecule has 0 aliphatic carbocycles. The van der Waals surface area contributed by atoms with Crippen LogP contribution in [0.3, 0.4) is 0 Å². The van der Waals surface area contributed by atoms with Crippen molar-refractivity contribution in [2.45, 2.75) is 13.5 Å². The van der Waals surface area contributed by atoms with Gasteiger partial charge in [-0.3, -0.25) is 4.79 Å². The van der Waals surface area contributed by atoms with E-state index in [1.807, 2.05) is 0 Å². The minimum absolute atomic E-state index is 0. The Morgan fingerprint density at radius 2 is 1.86 bits per heavy atom. The summed E-state index contributed by atoms with van der Waals surface area (Å²) in [7, 11) is 1.24. The van der Waals surface area contributed by atoms with Gasteiger partial charge >= 0.3 is 13.7 Å². The van der Waals surface area contributed by atoms with E-state index in [0.717, 1.165) is 5.56 Å². The maximum absolute atomic E-state index is 12.1. The summed E-state index contributed by atoms with van der Waals surface area (Å²) in [5.74, 6) is -1.13. The Labute approximate surface area is 134 Å². The molecule has 1 heterocycles. The van der Waals surface area contributed by atoms with Crippen LogP contribution in [0.25, 0.3) is 0 Å². The van der Waals surface area contributed by atoms with E-state index in [4.69, 9.17) is 14.4 Å². The van der Waals surface area contributed by atoms with E-state index in [1.165, 1.54) is 19.8 Å². The summed E-state index contributed by atoms with van der Waals surface area (Å²) in [6.45, 7) is 2.65. The van der Waals surface area contributed by atoms with Gasteiger partial charge in [0.05, 0.1) is 11.0 Å². The Morgan fingerprint density at radius 1 is 1.29 bits per heavy atom. The molecule has 1 aliphatic rings. The van der Waals surface area contributed by atoms with Crippen molar-refractivity contribution in [1.82, 2.24) is 5.32 Å². The molecular formula is C13H17AlBNO5. The molecule has 0 atom stereocenters. The van der Waals surface area contributed by atoms with Crippen LogP contribution in [0.5, 0.6) is 0 Å². The number of carbonyl (C=O) groups is 2. The molecular weight excluding hydrogens is 288 g/mol. The van der Waals surface area contributed by atoms with Crippen LogP contribution in [-0.2, 0) is 20.6 Å². The zero-order chi connectivity index (χ0) is 14.6. The number of amides is 1. The van der Waals surface area contributed by atoms with Crippen molar-refractivity contribution in [2.24, 2.45) is 5.41 Å². The topological polar surface area (TPSA) is 84.9 Å². The fraction of sp³-hybridized carbons (Fsp3) is 0.385. The van der Waals surface area contributed by atoms with Crippen molar-refractivity contribution in [3.8, 4) is 0 Å². The zero-order valence-electron chi connectivity index (χ0n) is 12.1. The lowest BCUT2D eigenvalue weighted by Crippen LogP contribution is -2.48. The number of hydrogen-bond acceptors (Lipinski definition) is 4. The predicted molar refractivity (Wildman–Crippen MR) is 79.6 cm³/mol. The number of rotatable bonds is 4. The van der Waals surface area contributed by atoms with Crippen molar-refractivity contribution in [3.05, 3.63) is 35.4 Å². The Hall–Kier alpha value is -1.32. The number of carbonyl (C=O) groups excluding carboxylic acids is 1. The number of nitrogens with one attached hydrogen (secondary N) is 1. The molecule has 0 unspecified atom stereocenters. The molecule has 21 heavy (non-hydrogen) atoms. The molecule has 0 aromatic heterocycles. The van der Waals surface area contributed by atoms with Crippen molar-refractivity contribution in [3.63, 3.8) is 0 Å². The van der Waals surface area contributed by atoms with E-state index in [-0.39, 0.29) is 42.0 Å². The van der Waals surface area contributed by atoms with Crippen LogP contribution in [-0.4, -0.2) is 55.2 Å². The predicted octanol–water partition coefficient (Wildman–Crippen LogP) is -0.328. The molecule has 1 aromatic rings. The second-order valence-corrected chi connectivity index (χ2v) is 4.96. The van der Waals surface area contributed by atoms with E-state index in [9.17, 15) is 9.59 Å². The normalized spacial score (nSPS) is 16.2. The lowest BCUT2D eigenvalue weighted by atomic mass is 9.89. The van der Waals surface area contributed by atoms with Crippen LogP contribution >= 0.6 is 0 Å². The number of carboxylic acid groups (broad SMARTS) is 1. The van der Waals surface area contributed by atoms with Crippen LogP contribution in [0.2, 0.25) is 0 Å². The van der Waals surface area contributed by atoms with Gasteiger partial charge in [-0.15, -0.1) is 0 Å². The van der Waals surface area contributed by atoms with Gasteiger partial charge in [-0.2, -0.15) is 0 Å². The van der Waals surface area contributed by atoms with E-state index >= 15 is 0 Å². The standard InChI is InChI=1S/C13H15BNO5.Al.2H/c1-13(7-19-14-20-8-13)12(18)15-6-9-2-4-10(5-3-9)11(16)17;;;/h2-5H,6-8H2,1H3,(H,15,18)(H,16,17);;;. The largest absolute Gasteiger partial charge is 0.488 e. The molecule has 8 heteroatoms. The average molecular weight is 305 g/mol. The summed E-state index contributed by atoms with van der Waals surface area (Å²) in [5, 5.41) is 11.6. The highest BCUT2D eigenvalue weighted by molar-refractivity contribution is 6.18. The molecule has 1 fully saturated rings. The maximum Gasteiger partial charge on any atom is 0.488 e. The van der Waals surface area contributed by atoms with Gasteiger partial charge in [0.1, 0.15) is 17.4 Å². The third-order valence-electron chi connectivity index (χ3n) is 3.14. The van der Waals surface area contributed by atoms with Gasteiger partial charge in [0.25, 0.3) is 0 Å². The first-order chi connectivity index (χ1) is 9.51. The zero-order valence-corrected chi connectivity index (χ0v) is 14.1. The van der Waals surface area contributed by atoms with Crippen LogP contribution in [0, 0.1) is 5.41 Å². The molecule has 1 aromatic carbocycles. The molecule has 110 valence electrons. The summed E-state index contributed by atoms with van der Waals surface area (Å²) < 4.78 is 10.1. The second-order valence-electron chi connectivity index (χ2n) is 4.96. The fourth-order valence-corrected chi connectivity index (χ4v) is 1.82. The Morgan fingerprint density at radius 3 is 2.38 bits per heavy atom. The lowest BCUT2D eigenvalue weighted by molar-refractivity contribution is -0.136. The monoisotopic (exact) mass is 305 g/mol. The van der Waals surface area contributed by atoms with Crippen molar-refractivity contribution in [2.75, 3.05) is 13.2 Å². The first-order valence-corrected chi connectivity index (χ1v) is 6.17. The molecule has 2 rings (SSSR count). The summed E-state index contributed by atoms with van der Waals surface area (Å²) in [5.41, 5.74) is 0.336. The Kier molecular flexibility index (Phi) is 6.43. The molecule has 0 spiro atoms. The van der Waals surface area contributed by atoms with Crippen LogP contribution in [0.15, 0.2) is 24.3 Å². The second kappa shape index (κ2) is 7.62. The number of hydrogen-bond donors (Lipinski definition) is 2. The Balaban J connectivity index is 0.00000220. The van der Waals surface area contributed by atoms with Crippen LogP contribution in [0.4, 0.5) is 0 Å². The van der Waals surface area contributed by atoms with Crippen LogP contribution < -0.4 is 5.32 Å². The highest BCUT2D eigenvalue weighted by atomic mass is 27.0.